The molecule has 0 aliphatic heterocycles. The Bertz CT molecular complexity index is 436. The van der Waals surface area contributed by atoms with E-state index in [2.05, 4.69) is 26.1 Å². The van der Waals surface area contributed by atoms with Gasteiger partial charge in [-0.15, -0.1) is 0 Å². The number of rotatable bonds is 0. The van der Waals surface area contributed by atoms with Gasteiger partial charge in [-0.3, -0.25) is 5.10 Å². The number of nitrogens with one attached hydrogen (secondary N) is 1. The van der Waals surface area contributed by atoms with Crippen molar-refractivity contribution in [2.24, 2.45) is 0 Å². The Morgan fingerprint density at radius 2 is 2.25 bits per heavy atom. The molecular weight excluding hydrogens is 223 g/mol. The van der Waals surface area contributed by atoms with Crippen LogP contribution < -0.4 is 0 Å². The first-order chi connectivity index (χ1) is 5.70. The maximum Gasteiger partial charge on any atom is 0.148 e. The molecule has 0 unspecified atom stereocenters. The minimum Gasteiger partial charge on any atom is -0.282 e. The number of benzene rings is 1. The molecule has 12 heavy (non-hydrogen) atoms. The highest BCUT2D eigenvalue weighted by Gasteiger charge is 2.09. The van der Waals surface area contributed by atoms with Crippen LogP contribution in [0.15, 0.2) is 16.6 Å². The van der Waals surface area contributed by atoms with Crippen LogP contribution in [-0.2, 0) is 0 Å². The van der Waals surface area contributed by atoms with Gasteiger partial charge in [0.05, 0.1) is 15.4 Å². The summed E-state index contributed by atoms with van der Waals surface area (Å²) in [6.07, 6.45) is 0. The lowest BCUT2D eigenvalue weighted by Gasteiger charge is -1.94. The van der Waals surface area contributed by atoms with Crippen molar-refractivity contribution in [1.82, 2.24) is 10.2 Å². The Kier molecular flexibility index (Phi) is 1.65. The number of aryl methyl sites for hydroxylation is 1. The smallest absolute Gasteiger partial charge is 0.148 e. The molecule has 62 valence electrons. The summed E-state index contributed by atoms with van der Waals surface area (Å²) in [7, 11) is 0. The normalized spacial score (nSPS) is 10.9. The highest BCUT2D eigenvalue weighted by Crippen LogP contribution is 2.25. The summed E-state index contributed by atoms with van der Waals surface area (Å²) in [5.74, 6) is -0.251. The monoisotopic (exact) mass is 228 g/mol. The van der Waals surface area contributed by atoms with Gasteiger partial charge in [-0.05, 0) is 35.0 Å². The van der Waals surface area contributed by atoms with Crippen molar-refractivity contribution in [1.29, 1.82) is 0 Å². The molecule has 2 nitrogen and oxygen atoms in total. The van der Waals surface area contributed by atoms with E-state index in [-0.39, 0.29) is 5.82 Å². The maximum atomic E-state index is 13.4. The van der Waals surface area contributed by atoms with E-state index in [9.17, 15) is 4.39 Å². The van der Waals surface area contributed by atoms with E-state index in [4.69, 9.17) is 0 Å². The lowest BCUT2D eigenvalue weighted by Crippen LogP contribution is -1.80. The fraction of sp³-hybridized carbons (Fsp3) is 0.125. The molecule has 1 aromatic carbocycles. The molecule has 0 aliphatic carbocycles. The molecule has 0 fully saturated rings. The Hall–Kier alpha value is -0.900. The zero-order valence-electron chi connectivity index (χ0n) is 6.36. The van der Waals surface area contributed by atoms with Gasteiger partial charge >= 0.3 is 0 Å². The summed E-state index contributed by atoms with van der Waals surface area (Å²) in [6, 6.07) is 3.42. The van der Waals surface area contributed by atoms with Crippen LogP contribution in [0.4, 0.5) is 4.39 Å². The first kappa shape index (κ1) is 7.73. The molecule has 0 spiro atoms. The van der Waals surface area contributed by atoms with E-state index < -0.39 is 0 Å². The standard InChI is InChI=1S/C8H6BrFN2/c1-4-7-6(12-11-4)3-2-5(9)8(7)10/h2-3H,1H3,(H,11,12). The molecule has 1 aromatic heterocycles. The second-order valence-corrected chi connectivity index (χ2v) is 3.46. The molecule has 0 radical (unpaired) electrons. The summed E-state index contributed by atoms with van der Waals surface area (Å²) in [6.45, 7) is 1.80. The number of H-pyrrole nitrogens is 1. The van der Waals surface area contributed by atoms with Crippen molar-refractivity contribution >= 4 is 26.8 Å². The van der Waals surface area contributed by atoms with Crippen molar-refractivity contribution in [3.05, 3.63) is 28.1 Å². The van der Waals surface area contributed by atoms with Gasteiger partial charge in [0.15, 0.2) is 0 Å². The fourth-order valence-corrected chi connectivity index (χ4v) is 1.52. The van der Waals surface area contributed by atoms with Gasteiger partial charge < -0.3 is 0 Å². The number of hydrogen-bond donors (Lipinski definition) is 1. The van der Waals surface area contributed by atoms with Crippen molar-refractivity contribution in [2.75, 3.05) is 0 Å². The van der Waals surface area contributed by atoms with Crippen molar-refractivity contribution in [3.8, 4) is 0 Å². The molecule has 1 N–H and O–H groups in total. The van der Waals surface area contributed by atoms with E-state index >= 15 is 0 Å². The summed E-state index contributed by atoms with van der Waals surface area (Å²) in [5.41, 5.74) is 1.41. The SMILES string of the molecule is Cc1[nH]nc2ccc(Br)c(F)c12. The van der Waals surface area contributed by atoms with Crippen LogP contribution in [0.3, 0.4) is 0 Å². The Morgan fingerprint density at radius 3 is 3.00 bits per heavy atom. The summed E-state index contributed by atoms with van der Waals surface area (Å²) < 4.78 is 13.9. The zero-order chi connectivity index (χ0) is 8.72. The van der Waals surface area contributed by atoms with Gasteiger partial charge in [0.1, 0.15) is 5.82 Å². The predicted octanol–water partition coefficient (Wildman–Crippen LogP) is 2.77. The van der Waals surface area contributed by atoms with Crippen LogP contribution in [0.5, 0.6) is 0 Å². The second-order valence-electron chi connectivity index (χ2n) is 2.60. The Morgan fingerprint density at radius 1 is 1.50 bits per heavy atom. The molecule has 0 saturated carbocycles. The van der Waals surface area contributed by atoms with Crippen LogP contribution in [-0.4, -0.2) is 10.2 Å². The first-order valence-corrected chi connectivity index (χ1v) is 4.28. The third kappa shape index (κ3) is 0.948. The van der Waals surface area contributed by atoms with Gasteiger partial charge in [-0.1, -0.05) is 0 Å². The van der Waals surface area contributed by atoms with Crippen molar-refractivity contribution in [3.63, 3.8) is 0 Å². The van der Waals surface area contributed by atoms with Crippen LogP contribution in [0.25, 0.3) is 10.9 Å². The van der Waals surface area contributed by atoms with Gasteiger partial charge in [0.25, 0.3) is 0 Å². The lowest BCUT2D eigenvalue weighted by molar-refractivity contribution is 0.633. The van der Waals surface area contributed by atoms with E-state index in [1.54, 1.807) is 19.1 Å². The third-order valence-electron chi connectivity index (χ3n) is 1.79. The summed E-state index contributed by atoms with van der Waals surface area (Å²) >= 11 is 3.12. The van der Waals surface area contributed by atoms with Crippen molar-refractivity contribution < 1.29 is 4.39 Å². The molecule has 4 heteroatoms. The van der Waals surface area contributed by atoms with Crippen molar-refractivity contribution in [2.45, 2.75) is 6.92 Å². The molecular formula is C8H6BrFN2. The average molecular weight is 229 g/mol. The summed E-state index contributed by atoms with van der Waals surface area (Å²) in [5, 5.41) is 7.23. The highest BCUT2D eigenvalue weighted by atomic mass is 79.9. The third-order valence-corrected chi connectivity index (χ3v) is 2.40. The number of halogens is 2. The number of aromatic amines is 1. The second kappa shape index (κ2) is 2.55. The summed E-state index contributed by atoms with van der Waals surface area (Å²) in [4.78, 5) is 0. The molecule has 0 atom stereocenters. The highest BCUT2D eigenvalue weighted by molar-refractivity contribution is 9.10. The molecule has 0 aliphatic rings. The fourth-order valence-electron chi connectivity index (χ4n) is 1.19. The van der Waals surface area contributed by atoms with Gasteiger partial charge in [0, 0.05) is 5.69 Å². The quantitative estimate of drug-likeness (QED) is 0.739. The van der Waals surface area contributed by atoms with Crippen LogP contribution in [0, 0.1) is 12.7 Å². The molecule has 2 rings (SSSR count). The lowest BCUT2D eigenvalue weighted by atomic mass is 10.2. The largest absolute Gasteiger partial charge is 0.282 e. The van der Waals surface area contributed by atoms with Gasteiger partial charge in [-0.25, -0.2) is 4.39 Å². The van der Waals surface area contributed by atoms with E-state index in [1.165, 1.54) is 0 Å². The molecule has 2 aromatic rings. The predicted molar refractivity (Wildman–Crippen MR) is 48.5 cm³/mol. The maximum absolute atomic E-state index is 13.4. The Balaban J connectivity index is 2.96. The van der Waals surface area contributed by atoms with E-state index in [1.807, 2.05) is 0 Å². The van der Waals surface area contributed by atoms with Gasteiger partial charge in [0.2, 0.25) is 0 Å². The number of aromatic nitrogens is 2. The topological polar surface area (TPSA) is 28.7 Å². The minimum absolute atomic E-state index is 0.251. The molecule has 1 heterocycles. The van der Waals surface area contributed by atoms with E-state index in [0.29, 0.717) is 15.4 Å². The Labute approximate surface area is 76.9 Å². The van der Waals surface area contributed by atoms with Crippen LogP contribution in [0.2, 0.25) is 0 Å². The van der Waals surface area contributed by atoms with Gasteiger partial charge in [-0.2, -0.15) is 5.10 Å². The number of fused-ring (bicyclic) bond motifs is 1. The molecule has 0 bridgehead atoms. The average Bonchev–Trinajstić information content (AvgIpc) is 2.41. The number of nitrogens with zero attached hydrogens (tertiary/aromatic N) is 1. The van der Waals surface area contributed by atoms with Crippen LogP contribution in [0.1, 0.15) is 5.69 Å². The zero-order valence-corrected chi connectivity index (χ0v) is 7.94. The van der Waals surface area contributed by atoms with E-state index in [0.717, 1.165) is 5.69 Å². The number of hydrogen-bond acceptors (Lipinski definition) is 1. The minimum atomic E-state index is -0.251. The van der Waals surface area contributed by atoms with Crippen LogP contribution >= 0.6 is 15.9 Å². The first-order valence-electron chi connectivity index (χ1n) is 3.49. The molecule has 0 amide bonds. The molecule has 0 saturated heterocycles.